The Labute approximate surface area is 170 Å². The second-order valence-corrected chi connectivity index (χ2v) is 8.40. The SMILES string of the molecule is CC(C)(C)C(=O)Oc1c(CN2CCNCC2)ccn(Cc2ccc(F)cc2)c1=O. The van der Waals surface area contributed by atoms with E-state index >= 15 is 0 Å². The summed E-state index contributed by atoms with van der Waals surface area (Å²) in [5.41, 5.74) is 0.400. The molecule has 0 saturated carbocycles. The van der Waals surface area contributed by atoms with E-state index in [9.17, 15) is 14.0 Å². The van der Waals surface area contributed by atoms with Crippen molar-refractivity contribution in [1.82, 2.24) is 14.8 Å². The number of piperazine rings is 1. The first-order valence-corrected chi connectivity index (χ1v) is 9.86. The molecule has 1 aromatic heterocycles. The molecule has 1 aliphatic rings. The van der Waals surface area contributed by atoms with Crippen LogP contribution in [0.1, 0.15) is 31.9 Å². The van der Waals surface area contributed by atoms with E-state index in [-0.39, 0.29) is 23.7 Å². The number of pyridine rings is 1. The molecule has 1 fully saturated rings. The van der Waals surface area contributed by atoms with Crippen LogP contribution < -0.4 is 15.6 Å². The van der Waals surface area contributed by atoms with E-state index in [2.05, 4.69) is 10.2 Å². The van der Waals surface area contributed by atoms with Gasteiger partial charge in [0.15, 0.2) is 0 Å². The fourth-order valence-corrected chi connectivity index (χ4v) is 3.09. The van der Waals surface area contributed by atoms with Crippen molar-refractivity contribution in [2.45, 2.75) is 33.9 Å². The van der Waals surface area contributed by atoms with Gasteiger partial charge in [0.05, 0.1) is 12.0 Å². The number of esters is 1. The first-order valence-electron chi connectivity index (χ1n) is 9.86. The summed E-state index contributed by atoms with van der Waals surface area (Å²) in [5.74, 6) is -0.698. The van der Waals surface area contributed by atoms with Gasteiger partial charge < -0.3 is 14.6 Å². The number of ether oxygens (including phenoxy) is 1. The van der Waals surface area contributed by atoms with E-state index in [4.69, 9.17) is 4.74 Å². The minimum absolute atomic E-state index is 0.0769. The molecule has 6 nitrogen and oxygen atoms in total. The molecule has 0 radical (unpaired) electrons. The Morgan fingerprint density at radius 1 is 1.10 bits per heavy atom. The summed E-state index contributed by atoms with van der Waals surface area (Å²) in [6, 6.07) is 7.83. The van der Waals surface area contributed by atoms with Gasteiger partial charge in [-0.15, -0.1) is 0 Å². The standard InChI is InChI=1S/C22H28FN3O3/c1-22(2,3)21(28)29-19-17(15-25-12-9-24-10-13-25)8-11-26(20(19)27)14-16-4-6-18(23)7-5-16/h4-8,11,24H,9-10,12-15H2,1-3H3. The number of aromatic nitrogens is 1. The number of nitrogens with one attached hydrogen (secondary N) is 1. The molecule has 29 heavy (non-hydrogen) atoms. The molecule has 0 amide bonds. The highest BCUT2D eigenvalue weighted by atomic mass is 19.1. The summed E-state index contributed by atoms with van der Waals surface area (Å²) >= 11 is 0. The van der Waals surface area contributed by atoms with Crippen LogP contribution >= 0.6 is 0 Å². The second-order valence-electron chi connectivity index (χ2n) is 8.40. The molecule has 1 aromatic carbocycles. The zero-order chi connectivity index (χ0) is 21.0. The monoisotopic (exact) mass is 401 g/mol. The smallest absolute Gasteiger partial charge is 0.316 e. The van der Waals surface area contributed by atoms with Gasteiger partial charge in [0.2, 0.25) is 5.75 Å². The lowest BCUT2D eigenvalue weighted by Crippen LogP contribution is -2.43. The van der Waals surface area contributed by atoms with Gasteiger partial charge in [-0.2, -0.15) is 0 Å². The third-order valence-electron chi connectivity index (χ3n) is 4.88. The zero-order valence-corrected chi connectivity index (χ0v) is 17.2. The molecule has 2 aromatic rings. The Hall–Kier alpha value is -2.51. The Morgan fingerprint density at radius 2 is 1.76 bits per heavy atom. The maximum absolute atomic E-state index is 13.2. The van der Waals surface area contributed by atoms with Crippen molar-refractivity contribution in [2.24, 2.45) is 5.41 Å². The molecule has 7 heteroatoms. The van der Waals surface area contributed by atoms with Crippen LogP contribution in [0.25, 0.3) is 0 Å². The number of carbonyl (C=O) groups is 1. The number of rotatable bonds is 5. The lowest BCUT2D eigenvalue weighted by Gasteiger charge is -2.28. The van der Waals surface area contributed by atoms with Crippen LogP contribution in [0.15, 0.2) is 41.3 Å². The molecule has 0 atom stereocenters. The Balaban J connectivity index is 1.92. The maximum Gasteiger partial charge on any atom is 0.316 e. The number of hydrogen-bond acceptors (Lipinski definition) is 5. The molecular formula is C22H28FN3O3. The van der Waals surface area contributed by atoms with Crippen LogP contribution in [0.3, 0.4) is 0 Å². The van der Waals surface area contributed by atoms with Crippen LogP contribution in [0, 0.1) is 11.2 Å². The van der Waals surface area contributed by atoms with Gasteiger partial charge in [0, 0.05) is 44.5 Å². The molecule has 0 bridgehead atoms. The number of nitrogens with zero attached hydrogens (tertiary/aromatic N) is 2. The molecule has 0 aliphatic carbocycles. The number of carbonyl (C=O) groups excluding carboxylic acids is 1. The second kappa shape index (κ2) is 8.88. The van der Waals surface area contributed by atoms with Crippen LogP contribution in [0.2, 0.25) is 0 Å². The minimum atomic E-state index is -0.726. The van der Waals surface area contributed by atoms with E-state index < -0.39 is 11.4 Å². The average molecular weight is 401 g/mol. The molecule has 0 spiro atoms. The quantitative estimate of drug-likeness (QED) is 0.780. The summed E-state index contributed by atoms with van der Waals surface area (Å²) in [6.07, 6.45) is 1.71. The van der Waals surface area contributed by atoms with Gasteiger partial charge in [-0.1, -0.05) is 12.1 Å². The van der Waals surface area contributed by atoms with Gasteiger partial charge in [-0.3, -0.25) is 14.5 Å². The van der Waals surface area contributed by atoms with Crippen molar-refractivity contribution in [3.8, 4) is 5.75 Å². The molecule has 0 unspecified atom stereocenters. The first kappa shape index (κ1) is 21.2. The normalized spacial score (nSPS) is 15.3. The largest absolute Gasteiger partial charge is 0.420 e. The molecule has 3 rings (SSSR count). The van der Waals surface area contributed by atoms with Crippen molar-refractivity contribution in [1.29, 1.82) is 0 Å². The predicted molar refractivity (Wildman–Crippen MR) is 109 cm³/mol. The fourth-order valence-electron chi connectivity index (χ4n) is 3.09. The Bertz CT molecular complexity index is 910. The average Bonchev–Trinajstić information content (AvgIpc) is 2.68. The van der Waals surface area contributed by atoms with E-state index in [1.807, 2.05) is 6.07 Å². The van der Waals surface area contributed by atoms with Crippen molar-refractivity contribution >= 4 is 5.97 Å². The lowest BCUT2D eigenvalue weighted by molar-refractivity contribution is -0.143. The van der Waals surface area contributed by atoms with Gasteiger partial charge in [0.25, 0.3) is 5.56 Å². The summed E-state index contributed by atoms with van der Waals surface area (Å²) in [5, 5.41) is 3.30. The van der Waals surface area contributed by atoms with E-state index in [1.165, 1.54) is 16.7 Å². The summed E-state index contributed by atoms with van der Waals surface area (Å²) < 4.78 is 20.3. The highest BCUT2D eigenvalue weighted by Gasteiger charge is 2.27. The molecule has 156 valence electrons. The lowest BCUT2D eigenvalue weighted by atomic mass is 9.97. The Morgan fingerprint density at radius 3 is 2.38 bits per heavy atom. The number of hydrogen-bond donors (Lipinski definition) is 1. The maximum atomic E-state index is 13.2. The van der Waals surface area contributed by atoms with Gasteiger partial charge >= 0.3 is 5.97 Å². The zero-order valence-electron chi connectivity index (χ0n) is 17.2. The fraction of sp³-hybridized carbons (Fsp3) is 0.455. The molecular weight excluding hydrogens is 373 g/mol. The molecule has 1 saturated heterocycles. The van der Waals surface area contributed by atoms with E-state index in [0.717, 1.165) is 31.7 Å². The van der Waals surface area contributed by atoms with Crippen LogP contribution in [0.4, 0.5) is 4.39 Å². The Kier molecular flexibility index (Phi) is 6.49. The number of benzene rings is 1. The van der Waals surface area contributed by atoms with E-state index in [1.54, 1.807) is 39.1 Å². The van der Waals surface area contributed by atoms with Crippen molar-refractivity contribution in [2.75, 3.05) is 26.2 Å². The third kappa shape index (κ3) is 5.52. The number of halogens is 1. The highest BCUT2D eigenvalue weighted by molar-refractivity contribution is 5.78. The molecule has 1 N–H and O–H groups in total. The van der Waals surface area contributed by atoms with Crippen LogP contribution in [-0.2, 0) is 17.9 Å². The van der Waals surface area contributed by atoms with Crippen LogP contribution in [0.5, 0.6) is 5.75 Å². The first-order chi connectivity index (χ1) is 13.7. The van der Waals surface area contributed by atoms with Gasteiger partial charge in [-0.05, 0) is 44.5 Å². The van der Waals surface area contributed by atoms with Gasteiger partial charge in [-0.25, -0.2) is 4.39 Å². The van der Waals surface area contributed by atoms with Crippen molar-refractivity contribution in [3.63, 3.8) is 0 Å². The minimum Gasteiger partial charge on any atom is -0.420 e. The molecule has 2 heterocycles. The molecule has 1 aliphatic heterocycles. The van der Waals surface area contributed by atoms with Crippen molar-refractivity contribution < 1.29 is 13.9 Å². The predicted octanol–water partition coefficient (Wildman–Crippen LogP) is 2.39. The van der Waals surface area contributed by atoms with Crippen molar-refractivity contribution in [3.05, 3.63) is 63.8 Å². The van der Waals surface area contributed by atoms with Gasteiger partial charge in [0.1, 0.15) is 5.82 Å². The van der Waals surface area contributed by atoms with E-state index in [0.29, 0.717) is 12.1 Å². The topological polar surface area (TPSA) is 63.6 Å². The highest BCUT2D eigenvalue weighted by Crippen LogP contribution is 2.22. The van der Waals surface area contributed by atoms with Crippen LogP contribution in [-0.4, -0.2) is 41.6 Å². The third-order valence-corrected chi connectivity index (χ3v) is 4.88. The summed E-state index contributed by atoms with van der Waals surface area (Å²) in [6.45, 7) is 9.59. The summed E-state index contributed by atoms with van der Waals surface area (Å²) in [7, 11) is 0. The summed E-state index contributed by atoms with van der Waals surface area (Å²) in [4.78, 5) is 27.9.